The molecule has 6 rings (SSSR count). The highest BCUT2D eigenvalue weighted by molar-refractivity contribution is 7.81. The van der Waals surface area contributed by atoms with Crippen molar-refractivity contribution in [1.29, 1.82) is 5.26 Å². The number of hydrazine groups is 1. The number of nitriles is 1. The van der Waals surface area contributed by atoms with Crippen LogP contribution < -0.4 is 15.8 Å². The first kappa shape index (κ1) is 26.4. The zero-order valence-electron chi connectivity index (χ0n) is 21.4. The molecule has 5 unspecified atom stereocenters. The van der Waals surface area contributed by atoms with Gasteiger partial charge in [0.25, 0.3) is 0 Å². The SMILES string of the molecule is C[C@@H](OC1CCC2NNC(c3cnc(N4CC5(C4)CN(S(C)=O)C5)c(C#N)c3)C2C1)c1c(Cl)cncc1Cl. The maximum atomic E-state index is 11.7. The van der Waals surface area contributed by atoms with Crippen LogP contribution >= 0.6 is 23.2 Å². The smallest absolute Gasteiger partial charge is 0.146 e. The van der Waals surface area contributed by atoms with E-state index in [2.05, 4.69) is 26.8 Å². The molecule has 4 fully saturated rings. The largest absolute Gasteiger partial charge is 0.370 e. The number of halogens is 2. The number of rotatable bonds is 6. The lowest BCUT2D eigenvalue weighted by Gasteiger charge is -2.59. The highest BCUT2D eigenvalue weighted by Gasteiger charge is 2.53. The maximum absolute atomic E-state index is 11.7. The van der Waals surface area contributed by atoms with Crippen molar-refractivity contribution < 1.29 is 8.95 Å². The Morgan fingerprint density at radius 1 is 1.18 bits per heavy atom. The summed E-state index contributed by atoms with van der Waals surface area (Å²) < 4.78 is 20.1. The fraction of sp³-hybridized carbons (Fsp3) is 0.577. The number of fused-ring (bicyclic) bond motifs is 1. The summed E-state index contributed by atoms with van der Waals surface area (Å²) >= 11 is 12.7. The lowest BCUT2D eigenvalue weighted by Crippen LogP contribution is -2.72. The van der Waals surface area contributed by atoms with Crippen molar-refractivity contribution >= 4 is 40.0 Å². The van der Waals surface area contributed by atoms with E-state index in [0.29, 0.717) is 27.6 Å². The van der Waals surface area contributed by atoms with E-state index in [9.17, 15) is 9.47 Å². The topological polar surface area (TPSA) is 106 Å². The third kappa shape index (κ3) is 4.73. The van der Waals surface area contributed by atoms with Crippen LogP contribution in [-0.4, -0.2) is 63.1 Å². The summed E-state index contributed by atoms with van der Waals surface area (Å²) in [6.07, 6.45) is 9.43. The number of aromatic nitrogens is 2. The fourth-order valence-electron chi connectivity index (χ4n) is 6.61. The number of pyridine rings is 2. The quantitative estimate of drug-likeness (QED) is 0.538. The van der Waals surface area contributed by atoms with Crippen LogP contribution in [0.15, 0.2) is 24.7 Å². The summed E-state index contributed by atoms with van der Waals surface area (Å²) in [6, 6.07) is 4.71. The van der Waals surface area contributed by atoms with Gasteiger partial charge in [0, 0.05) is 68.0 Å². The molecule has 2 N–H and O–H groups in total. The van der Waals surface area contributed by atoms with Crippen LogP contribution in [0.4, 0.5) is 5.82 Å². The molecule has 4 aliphatic rings. The Bertz CT molecular complexity index is 1270. The van der Waals surface area contributed by atoms with Gasteiger partial charge in [0.2, 0.25) is 0 Å². The van der Waals surface area contributed by atoms with Gasteiger partial charge in [0.1, 0.15) is 11.9 Å². The Kier molecular flexibility index (Phi) is 7.14. The Balaban J connectivity index is 1.13. The second-order valence-electron chi connectivity index (χ2n) is 11.1. The first-order valence-electron chi connectivity index (χ1n) is 13.0. The van der Waals surface area contributed by atoms with Crippen LogP contribution in [-0.2, 0) is 15.7 Å². The first-order chi connectivity index (χ1) is 18.3. The third-order valence-electron chi connectivity index (χ3n) is 8.50. The monoisotopic (exact) mass is 575 g/mol. The van der Waals surface area contributed by atoms with E-state index in [-0.39, 0.29) is 23.7 Å². The number of nitrogens with zero attached hydrogens (tertiary/aromatic N) is 5. The molecular formula is C26H31Cl2N7O2S. The van der Waals surface area contributed by atoms with E-state index >= 15 is 0 Å². The molecule has 0 aromatic carbocycles. The molecule has 2 aromatic heterocycles. The van der Waals surface area contributed by atoms with E-state index in [0.717, 1.165) is 62.4 Å². The Hall–Kier alpha value is -1.84. The van der Waals surface area contributed by atoms with E-state index < -0.39 is 11.0 Å². The van der Waals surface area contributed by atoms with Crippen molar-refractivity contribution in [2.24, 2.45) is 11.3 Å². The average Bonchev–Trinajstić information content (AvgIpc) is 3.25. The van der Waals surface area contributed by atoms with Crippen LogP contribution in [0.25, 0.3) is 0 Å². The normalized spacial score (nSPS) is 29.7. The number of ether oxygens (including phenoxy) is 1. The predicted molar refractivity (Wildman–Crippen MR) is 147 cm³/mol. The number of hydrogen-bond acceptors (Lipinski definition) is 8. The van der Waals surface area contributed by atoms with Crippen molar-refractivity contribution in [1.82, 2.24) is 25.1 Å². The Morgan fingerprint density at radius 2 is 1.92 bits per heavy atom. The summed E-state index contributed by atoms with van der Waals surface area (Å²) in [4.78, 5) is 11.0. The van der Waals surface area contributed by atoms with Gasteiger partial charge in [-0.2, -0.15) is 5.26 Å². The average molecular weight is 577 g/mol. The minimum Gasteiger partial charge on any atom is -0.370 e. The fourth-order valence-corrected chi connectivity index (χ4v) is 8.20. The molecule has 6 atom stereocenters. The van der Waals surface area contributed by atoms with Crippen molar-refractivity contribution in [3.05, 3.63) is 51.4 Å². The molecule has 3 aliphatic heterocycles. The van der Waals surface area contributed by atoms with Gasteiger partial charge in [-0.25, -0.2) is 18.9 Å². The van der Waals surface area contributed by atoms with Gasteiger partial charge in [-0.15, -0.1) is 0 Å². The van der Waals surface area contributed by atoms with Gasteiger partial charge in [-0.05, 0) is 43.7 Å². The number of hydrogen-bond donors (Lipinski definition) is 2. The summed E-state index contributed by atoms with van der Waals surface area (Å²) in [5, 5.41) is 11.0. The molecule has 0 amide bonds. The van der Waals surface area contributed by atoms with Crippen LogP contribution in [0.1, 0.15) is 55.0 Å². The molecule has 1 aliphatic carbocycles. The van der Waals surface area contributed by atoms with Gasteiger partial charge in [-0.1, -0.05) is 23.2 Å². The summed E-state index contributed by atoms with van der Waals surface area (Å²) in [7, 11) is -0.915. The molecule has 3 saturated heterocycles. The van der Waals surface area contributed by atoms with Crippen LogP contribution in [0.3, 0.4) is 0 Å². The van der Waals surface area contributed by atoms with Gasteiger partial charge in [-0.3, -0.25) is 10.4 Å². The molecule has 0 bridgehead atoms. The molecule has 38 heavy (non-hydrogen) atoms. The lowest BCUT2D eigenvalue weighted by atomic mass is 9.74. The van der Waals surface area contributed by atoms with E-state index in [1.807, 2.05) is 23.5 Å². The molecule has 0 radical (unpaired) electrons. The predicted octanol–water partition coefficient (Wildman–Crippen LogP) is 3.53. The highest BCUT2D eigenvalue weighted by Crippen LogP contribution is 2.44. The van der Waals surface area contributed by atoms with E-state index in [1.54, 1.807) is 18.6 Å². The Morgan fingerprint density at radius 3 is 2.61 bits per heavy atom. The molecular weight excluding hydrogens is 545 g/mol. The number of anilines is 1. The zero-order valence-corrected chi connectivity index (χ0v) is 23.7. The molecule has 202 valence electrons. The molecule has 1 saturated carbocycles. The summed E-state index contributed by atoms with van der Waals surface area (Å²) in [5.41, 5.74) is 9.47. The maximum Gasteiger partial charge on any atom is 0.146 e. The van der Waals surface area contributed by atoms with Crippen LogP contribution in [0.5, 0.6) is 0 Å². The van der Waals surface area contributed by atoms with Gasteiger partial charge in [0.05, 0.1) is 44.8 Å². The molecule has 12 heteroatoms. The van der Waals surface area contributed by atoms with Gasteiger partial charge >= 0.3 is 0 Å². The van der Waals surface area contributed by atoms with Crippen LogP contribution in [0.2, 0.25) is 10.0 Å². The zero-order chi connectivity index (χ0) is 26.6. The molecule has 1 spiro atoms. The standard InChI is InChI=1S/C26H31Cl2N7O2S/c1-15(23-20(27)9-30-10-21(23)28)37-18-3-4-22-19(6-18)24(33-32-22)17-5-16(7-29)25(31-8-17)34-11-26(12-34)13-35(14-26)38(2)36/h5,8-10,15,18-19,22,24,32-33H,3-4,6,11-14H2,1-2H3/t15-,18?,19?,22?,24?,38?/m1/s1. The van der Waals surface area contributed by atoms with E-state index in [1.165, 1.54) is 0 Å². The lowest BCUT2D eigenvalue weighted by molar-refractivity contribution is -0.0370. The van der Waals surface area contributed by atoms with Crippen molar-refractivity contribution in [3.8, 4) is 6.07 Å². The molecule has 5 heterocycles. The van der Waals surface area contributed by atoms with Crippen molar-refractivity contribution in [3.63, 3.8) is 0 Å². The minimum absolute atomic E-state index is 0.0333. The Labute approximate surface area is 235 Å². The summed E-state index contributed by atoms with van der Waals surface area (Å²) in [5.74, 6) is 1.04. The van der Waals surface area contributed by atoms with Crippen molar-refractivity contribution in [2.45, 2.75) is 50.5 Å². The van der Waals surface area contributed by atoms with E-state index in [4.69, 9.17) is 32.9 Å². The number of nitrogens with one attached hydrogen (secondary N) is 2. The van der Waals surface area contributed by atoms with Gasteiger partial charge < -0.3 is 9.64 Å². The summed E-state index contributed by atoms with van der Waals surface area (Å²) in [6.45, 7) is 5.35. The van der Waals surface area contributed by atoms with Crippen molar-refractivity contribution in [2.75, 3.05) is 37.3 Å². The second-order valence-corrected chi connectivity index (χ2v) is 13.3. The second kappa shape index (κ2) is 10.3. The first-order valence-corrected chi connectivity index (χ1v) is 15.2. The molecule has 2 aromatic rings. The minimum atomic E-state index is -0.915. The van der Waals surface area contributed by atoms with Crippen LogP contribution in [0, 0.1) is 22.7 Å². The highest BCUT2D eigenvalue weighted by atomic mass is 35.5. The third-order valence-corrected chi connectivity index (χ3v) is 10.1. The van der Waals surface area contributed by atoms with Gasteiger partial charge in [0.15, 0.2) is 0 Å². The molecule has 9 nitrogen and oxygen atoms in total.